The molecule has 11 nitrogen and oxygen atoms in total. The Morgan fingerprint density at radius 3 is 2.68 bits per heavy atom. The van der Waals surface area contributed by atoms with Gasteiger partial charge in [0.15, 0.2) is 0 Å². The summed E-state index contributed by atoms with van der Waals surface area (Å²) >= 11 is 0. The second-order valence-corrected chi connectivity index (χ2v) is 7.23. The van der Waals surface area contributed by atoms with Crippen molar-refractivity contribution in [1.29, 1.82) is 0 Å². The van der Waals surface area contributed by atoms with Gasteiger partial charge in [0, 0.05) is 32.0 Å². The summed E-state index contributed by atoms with van der Waals surface area (Å²) < 4.78 is 1.67. The fourth-order valence-electron chi connectivity index (χ4n) is 3.24. The number of hydrogen-bond acceptors (Lipinski definition) is 7. The van der Waals surface area contributed by atoms with Gasteiger partial charge >= 0.3 is 0 Å². The lowest BCUT2D eigenvalue weighted by atomic mass is 10.1. The second-order valence-electron chi connectivity index (χ2n) is 7.23. The minimum absolute atomic E-state index is 0.123. The van der Waals surface area contributed by atoms with Gasteiger partial charge in [0.1, 0.15) is 12.7 Å². The van der Waals surface area contributed by atoms with Crippen molar-refractivity contribution in [2.45, 2.75) is 57.8 Å². The van der Waals surface area contributed by atoms with Crippen LogP contribution >= 0.6 is 0 Å². The van der Waals surface area contributed by atoms with Crippen LogP contribution in [0.1, 0.15) is 38.3 Å². The van der Waals surface area contributed by atoms with Crippen LogP contribution in [0.25, 0.3) is 0 Å². The molecule has 0 spiro atoms. The number of rotatable bonds is 8. The quantitative estimate of drug-likeness (QED) is 0.457. The van der Waals surface area contributed by atoms with Crippen LogP contribution in [0.15, 0.2) is 37.1 Å². The Kier molecular flexibility index (Phi) is 9.56. The van der Waals surface area contributed by atoms with Gasteiger partial charge in [0.25, 0.3) is 5.97 Å². The smallest absolute Gasteiger partial charge is 0.300 e. The highest BCUT2D eigenvalue weighted by atomic mass is 16.4. The topological polar surface area (TPSA) is 159 Å². The first-order valence-corrected chi connectivity index (χ1v) is 10.0. The average molecular weight is 432 g/mol. The minimum atomic E-state index is -0.833. The maximum Gasteiger partial charge on any atom is 0.300 e. The van der Waals surface area contributed by atoms with Gasteiger partial charge in [-0.15, -0.1) is 0 Å². The summed E-state index contributed by atoms with van der Waals surface area (Å²) in [6.45, 7) is 2.05. The second kappa shape index (κ2) is 12.4. The first-order valence-electron chi connectivity index (χ1n) is 10.0. The zero-order chi connectivity index (χ0) is 22.6. The molecule has 1 saturated carbocycles. The van der Waals surface area contributed by atoms with Crippen LogP contribution in [0.3, 0.4) is 0 Å². The lowest BCUT2D eigenvalue weighted by Gasteiger charge is -2.16. The van der Waals surface area contributed by atoms with E-state index in [0.717, 1.165) is 12.6 Å². The highest BCUT2D eigenvalue weighted by Crippen LogP contribution is 2.26. The summed E-state index contributed by atoms with van der Waals surface area (Å²) in [5, 5.41) is 27.3. The number of aliphatic hydroxyl groups excluding tert-OH is 1. The molecule has 168 valence electrons. The molecule has 0 radical (unpaired) electrons. The third-order valence-electron chi connectivity index (χ3n) is 4.67. The van der Waals surface area contributed by atoms with Gasteiger partial charge in [-0.05, 0) is 31.4 Å². The fourth-order valence-corrected chi connectivity index (χ4v) is 3.24. The third kappa shape index (κ3) is 8.91. The zero-order valence-corrected chi connectivity index (χ0v) is 17.3. The molecule has 0 bridgehead atoms. The zero-order valence-electron chi connectivity index (χ0n) is 17.3. The van der Waals surface area contributed by atoms with E-state index in [9.17, 15) is 14.7 Å². The molecule has 3 rings (SSSR count). The Bertz CT molecular complexity index is 826. The van der Waals surface area contributed by atoms with Gasteiger partial charge in [-0.25, -0.2) is 4.98 Å². The van der Waals surface area contributed by atoms with Crippen LogP contribution in [0, 0.1) is 5.92 Å². The number of nitrogens with one attached hydrogen (secondary N) is 2. The van der Waals surface area contributed by atoms with Crippen molar-refractivity contribution in [1.82, 2.24) is 30.4 Å². The summed E-state index contributed by atoms with van der Waals surface area (Å²) in [6, 6.07) is 5.13. The number of hydrogen-bond donors (Lipinski definition) is 4. The number of carboxylic acid groups (broad SMARTS) is 1. The summed E-state index contributed by atoms with van der Waals surface area (Å²) in [5.41, 5.74) is 0.779. The molecule has 1 aliphatic rings. The van der Waals surface area contributed by atoms with Crippen molar-refractivity contribution in [3.63, 3.8) is 0 Å². The van der Waals surface area contributed by atoms with Crippen LogP contribution in [-0.4, -0.2) is 59.9 Å². The van der Waals surface area contributed by atoms with Gasteiger partial charge < -0.3 is 20.8 Å². The number of aryl methyl sites for hydroxylation is 1. The molecule has 11 heteroatoms. The van der Waals surface area contributed by atoms with E-state index in [0.29, 0.717) is 38.8 Å². The van der Waals surface area contributed by atoms with E-state index in [1.54, 1.807) is 17.2 Å². The van der Waals surface area contributed by atoms with Gasteiger partial charge in [-0.1, -0.05) is 6.07 Å². The molecule has 0 saturated heterocycles. The monoisotopic (exact) mass is 432 g/mol. The Morgan fingerprint density at radius 2 is 2.03 bits per heavy atom. The molecule has 0 aliphatic heterocycles. The van der Waals surface area contributed by atoms with E-state index in [1.165, 1.54) is 6.33 Å². The summed E-state index contributed by atoms with van der Waals surface area (Å²) in [6.07, 6.45) is 5.76. The Hall–Kier alpha value is -3.34. The van der Waals surface area contributed by atoms with Crippen LogP contribution in [0.5, 0.6) is 0 Å². The summed E-state index contributed by atoms with van der Waals surface area (Å²) in [5.74, 6) is -1.40. The minimum Gasteiger partial charge on any atom is -0.481 e. The molecule has 3 atom stereocenters. The van der Waals surface area contributed by atoms with Crippen molar-refractivity contribution in [2.75, 3.05) is 0 Å². The predicted octanol–water partition coefficient (Wildman–Crippen LogP) is 0.116. The number of carbonyl (C=O) groups excluding carboxylic acids is 2. The van der Waals surface area contributed by atoms with Gasteiger partial charge in [-0.3, -0.25) is 24.0 Å². The first kappa shape index (κ1) is 23.9. The van der Waals surface area contributed by atoms with Crippen LogP contribution in [0.2, 0.25) is 0 Å². The predicted molar refractivity (Wildman–Crippen MR) is 109 cm³/mol. The molecule has 2 amide bonds. The van der Waals surface area contributed by atoms with Crippen LogP contribution < -0.4 is 10.6 Å². The largest absolute Gasteiger partial charge is 0.481 e. The van der Waals surface area contributed by atoms with Gasteiger partial charge in [0.05, 0.1) is 24.4 Å². The maximum absolute atomic E-state index is 12.3. The van der Waals surface area contributed by atoms with E-state index in [-0.39, 0.29) is 17.7 Å². The van der Waals surface area contributed by atoms with Gasteiger partial charge in [0.2, 0.25) is 11.8 Å². The third-order valence-corrected chi connectivity index (χ3v) is 4.67. The molecule has 2 heterocycles. The molecule has 31 heavy (non-hydrogen) atoms. The molecule has 2 aromatic rings. The molecular weight excluding hydrogens is 404 g/mol. The highest BCUT2D eigenvalue weighted by molar-refractivity contribution is 5.80. The SMILES string of the molecule is CC(=O)O.O=C(CCCn1cncn1)N[C@@H]1C[C@H](C(=O)NCc2ccccn2)C[C@H]1O. The Labute approximate surface area is 179 Å². The summed E-state index contributed by atoms with van der Waals surface area (Å²) in [4.78, 5) is 41.4. The van der Waals surface area contributed by atoms with E-state index in [4.69, 9.17) is 9.90 Å². The van der Waals surface area contributed by atoms with E-state index in [1.807, 2.05) is 18.2 Å². The van der Waals surface area contributed by atoms with Crippen molar-refractivity contribution >= 4 is 17.8 Å². The normalized spacial score (nSPS) is 19.7. The van der Waals surface area contributed by atoms with Gasteiger partial charge in [-0.2, -0.15) is 5.10 Å². The summed E-state index contributed by atoms with van der Waals surface area (Å²) in [7, 11) is 0. The molecule has 0 unspecified atom stereocenters. The number of carbonyl (C=O) groups is 3. The number of aromatic nitrogens is 4. The van der Waals surface area contributed by atoms with Crippen molar-refractivity contribution in [3.05, 3.63) is 42.7 Å². The molecule has 4 N–H and O–H groups in total. The Balaban J connectivity index is 0.000000785. The van der Waals surface area contributed by atoms with E-state index < -0.39 is 18.1 Å². The number of nitrogens with zero attached hydrogens (tertiary/aromatic N) is 4. The molecule has 2 aromatic heterocycles. The lowest BCUT2D eigenvalue weighted by molar-refractivity contribution is -0.134. The maximum atomic E-state index is 12.3. The fraction of sp³-hybridized carbons (Fsp3) is 0.500. The highest BCUT2D eigenvalue weighted by Gasteiger charge is 2.37. The number of aliphatic carboxylic acids is 1. The number of amides is 2. The average Bonchev–Trinajstić information content (AvgIpc) is 3.37. The first-order chi connectivity index (χ1) is 14.8. The number of pyridine rings is 1. The van der Waals surface area contributed by atoms with Crippen molar-refractivity contribution < 1.29 is 24.6 Å². The van der Waals surface area contributed by atoms with Crippen molar-refractivity contribution in [2.24, 2.45) is 5.92 Å². The molecular formula is C20H28N6O5. The standard InChI is InChI=1S/C18H24N6O3.C2H4O2/c25-16-9-13(18(27)21-10-14-4-1-2-6-20-14)8-15(16)23-17(26)5-3-7-24-12-19-11-22-24;1-2(3)4/h1-2,4,6,11-13,15-16,25H,3,5,7-10H2,(H,21,27)(H,23,26);1H3,(H,3,4)/t13-,15+,16+;/m0./s1. The van der Waals surface area contributed by atoms with Crippen LogP contribution in [-0.2, 0) is 27.5 Å². The van der Waals surface area contributed by atoms with Crippen molar-refractivity contribution in [3.8, 4) is 0 Å². The molecule has 1 fully saturated rings. The number of carboxylic acids is 1. The van der Waals surface area contributed by atoms with E-state index >= 15 is 0 Å². The lowest BCUT2D eigenvalue weighted by Crippen LogP contribution is -2.40. The number of aliphatic hydroxyl groups is 1. The Morgan fingerprint density at radius 1 is 1.26 bits per heavy atom. The molecule has 1 aliphatic carbocycles. The van der Waals surface area contributed by atoms with E-state index in [2.05, 4.69) is 25.7 Å². The molecule has 0 aromatic carbocycles. The van der Waals surface area contributed by atoms with Crippen LogP contribution in [0.4, 0.5) is 0 Å².